The van der Waals surface area contributed by atoms with Gasteiger partial charge in [0.25, 0.3) is 0 Å². The number of aromatic amines is 1. The molecule has 0 fully saturated rings. The third kappa shape index (κ3) is 4.41. The first-order valence-corrected chi connectivity index (χ1v) is 9.89. The Balaban J connectivity index is 1.60. The highest BCUT2D eigenvalue weighted by Gasteiger charge is 2.24. The minimum atomic E-state index is -0.830. The topological polar surface area (TPSA) is 117 Å². The SMILES string of the molecule is Cc1cc(F)ccc1CN(Cc1ccccc1)C(=O)C(=O)Nc1cnc(N)c2cn[nH]c12. The molecule has 2 amide bonds. The lowest BCUT2D eigenvalue weighted by Gasteiger charge is -2.23. The molecule has 0 aliphatic carbocycles. The largest absolute Gasteiger partial charge is 0.383 e. The molecule has 4 aromatic rings. The monoisotopic (exact) mass is 432 g/mol. The maximum absolute atomic E-state index is 13.5. The van der Waals surface area contributed by atoms with E-state index in [1.807, 2.05) is 30.3 Å². The molecule has 9 heteroatoms. The van der Waals surface area contributed by atoms with E-state index >= 15 is 0 Å². The van der Waals surface area contributed by atoms with Crippen LogP contribution in [0.1, 0.15) is 16.7 Å². The maximum atomic E-state index is 13.5. The van der Waals surface area contributed by atoms with Gasteiger partial charge in [0.2, 0.25) is 0 Å². The number of aryl methyl sites for hydroxylation is 1. The molecule has 2 heterocycles. The number of rotatable bonds is 5. The second kappa shape index (κ2) is 8.84. The standard InChI is InChI=1S/C23H21FN6O2/c1-14-9-17(24)8-7-16(14)13-30(12-15-5-3-2-4-6-15)23(32)22(31)28-19-11-26-21(25)18-10-27-29-20(18)19/h2-11H,12-13H2,1H3,(H2,25,26)(H,27,29)(H,28,31). The third-order valence-corrected chi connectivity index (χ3v) is 5.13. The van der Waals surface area contributed by atoms with Crippen LogP contribution in [0.3, 0.4) is 0 Å². The van der Waals surface area contributed by atoms with Crippen LogP contribution in [0.2, 0.25) is 0 Å². The van der Waals surface area contributed by atoms with Crippen molar-refractivity contribution in [3.05, 3.63) is 83.4 Å². The molecule has 0 aliphatic rings. The van der Waals surface area contributed by atoms with Crippen molar-refractivity contribution < 1.29 is 14.0 Å². The number of H-pyrrole nitrogens is 1. The van der Waals surface area contributed by atoms with E-state index in [-0.39, 0.29) is 24.7 Å². The molecule has 2 aromatic carbocycles. The molecular formula is C23H21FN6O2. The molecule has 0 saturated carbocycles. The van der Waals surface area contributed by atoms with Gasteiger partial charge in [0.05, 0.1) is 29.0 Å². The number of hydrogen-bond acceptors (Lipinski definition) is 5. The Morgan fingerprint density at radius 1 is 1.12 bits per heavy atom. The minimum Gasteiger partial charge on any atom is -0.383 e. The van der Waals surface area contributed by atoms with Crippen LogP contribution in [-0.2, 0) is 22.7 Å². The van der Waals surface area contributed by atoms with Gasteiger partial charge >= 0.3 is 11.8 Å². The van der Waals surface area contributed by atoms with Gasteiger partial charge in [-0.3, -0.25) is 14.7 Å². The van der Waals surface area contributed by atoms with Crippen LogP contribution in [0.4, 0.5) is 15.9 Å². The van der Waals surface area contributed by atoms with Crippen LogP contribution >= 0.6 is 0 Å². The molecule has 0 aliphatic heterocycles. The van der Waals surface area contributed by atoms with Crippen LogP contribution in [-0.4, -0.2) is 31.9 Å². The summed E-state index contributed by atoms with van der Waals surface area (Å²) in [6, 6.07) is 13.7. The van der Waals surface area contributed by atoms with E-state index in [0.29, 0.717) is 22.2 Å². The van der Waals surface area contributed by atoms with Crippen molar-refractivity contribution in [2.45, 2.75) is 20.0 Å². The van der Waals surface area contributed by atoms with Crippen LogP contribution in [0, 0.1) is 12.7 Å². The summed E-state index contributed by atoms with van der Waals surface area (Å²) in [5.41, 5.74) is 8.88. The van der Waals surface area contributed by atoms with Crippen molar-refractivity contribution in [2.75, 3.05) is 11.1 Å². The molecule has 0 bridgehead atoms. The maximum Gasteiger partial charge on any atom is 0.314 e. The summed E-state index contributed by atoms with van der Waals surface area (Å²) in [4.78, 5) is 31.5. The number of nitrogen functional groups attached to an aromatic ring is 1. The van der Waals surface area contributed by atoms with Crippen LogP contribution in [0.5, 0.6) is 0 Å². The lowest BCUT2D eigenvalue weighted by molar-refractivity contribution is -0.144. The summed E-state index contributed by atoms with van der Waals surface area (Å²) < 4.78 is 13.5. The number of nitrogens with zero attached hydrogens (tertiary/aromatic N) is 3. The van der Waals surface area contributed by atoms with Crippen molar-refractivity contribution in [2.24, 2.45) is 0 Å². The third-order valence-electron chi connectivity index (χ3n) is 5.13. The van der Waals surface area contributed by atoms with E-state index in [1.165, 1.54) is 29.4 Å². The molecule has 0 unspecified atom stereocenters. The van der Waals surface area contributed by atoms with Gasteiger partial charge in [0.15, 0.2) is 0 Å². The number of aromatic nitrogens is 3. The van der Waals surface area contributed by atoms with E-state index in [9.17, 15) is 14.0 Å². The summed E-state index contributed by atoms with van der Waals surface area (Å²) in [5.74, 6) is -1.66. The molecule has 4 N–H and O–H groups in total. The van der Waals surface area contributed by atoms with Gasteiger partial charge in [-0.25, -0.2) is 9.37 Å². The van der Waals surface area contributed by atoms with E-state index in [2.05, 4.69) is 20.5 Å². The first-order chi connectivity index (χ1) is 15.4. The zero-order valence-electron chi connectivity index (χ0n) is 17.3. The molecule has 162 valence electrons. The number of nitrogens with two attached hydrogens (primary N) is 1. The second-order valence-electron chi connectivity index (χ2n) is 7.39. The number of anilines is 2. The second-order valence-corrected chi connectivity index (χ2v) is 7.39. The Labute approximate surface area is 183 Å². The van der Waals surface area contributed by atoms with Crippen molar-refractivity contribution in [3.8, 4) is 0 Å². The summed E-state index contributed by atoms with van der Waals surface area (Å²) in [6.45, 7) is 2.12. The van der Waals surface area contributed by atoms with Crippen LogP contribution < -0.4 is 11.1 Å². The lowest BCUT2D eigenvalue weighted by atomic mass is 10.1. The highest BCUT2D eigenvalue weighted by molar-refractivity contribution is 6.40. The molecule has 8 nitrogen and oxygen atoms in total. The Hall–Kier alpha value is -4.27. The number of nitrogens with one attached hydrogen (secondary N) is 2. The van der Waals surface area contributed by atoms with Crippen LogP contribution in [0.25, 0.3) is 10.9 Å². The predicted molar refractivity (Wildman–Crippen MR) is 119 cm³/mol. The zero-order valence-corrected chi connectivity index (χ0v) is 17.3. The average molecular weight is 432 g/mol. The molecule has 0 saturated heterocycles. The van der Waals surface area contributed by atoms with Crippen molar-refractivity contribution in [3.63, 3.8) is 0 Å². The van der Waals surface area contributed by atoms with Gasteiger partial charge < -0.3 is 16.0 Å². The first kappa shape index (κ1) is 21.0. The predicted octanol–water partition coefficient (Wildman–Crippen LogP) is 3.16. The number of carbonyl (C=O) groups excluding carboxylic acids is 2. The lowest BCUT2D eigenvalue weighted by Crippen LogP contribution is -2.39. The van der Waals surface area contributed by atoms with Crippen molar-refractivity contribution >= 4 is 34.2 Å². The van der Waals surface area contributed by atoms with Gasteiger partial charge in [0.1, 0.15) is 11.6 Å². The van der Waals surface area contributed by atoms with E-state index in [1.54, 1.807) is 13.0 Å². The van der Waals surface area contributed by atoms with Crippen LogP contribution in [0.15, 0.2) is 60.9 Å². The normalized spacial score (nSPS) is 10.8. The fraction of sp³-hybridized carbons (Fsp3) is 0.130. The molecule has 4 rings (SSSR count). The number of hydrogen-bond donors (Lipinski definition) is 3. The Kier molecular flexibility index (Phi) is 5.80. The molecule has 0 spiro atoms. The van der Waals surface area contributed by atoms with Gasteiger partial charge in [-0.05, 0) is 35.7 Å². The summed E-state index contributed by atoms with van der Waals surface area (Å²) in [6.07, 6.45) is 2.86. The fourth-order valence-electron chi connectivity index (χ4n) is 3.41. The van der Waals surface area contributed by atoms with Gasteiger partial charge in [-0.15, -0.1) is 0 Å². The number of halogens is 1. The quantitative estimate of drug-likeness (QED) is 0.419. The number of fused-ring (bicyclic) bond motifs is 1. The van der Waals surface area contributed by atoms with Crippen molar-refractivity contribution in [1.82, 2.24) is 20.1 Å². The molecule has 0 radical (unpaired) electrons. The van der Waals surface area contributed by atoms with Gasteiger partial charge in [-0.2, -0.15) is 5.10 Å². The van der Waals surface area contributed by atoms with Gasteiger partial charge in [-0.1, -0.05) is 36.4 Å². The Morgan fingerprint density at radius 2 is 1.91 bits per heavy atom. The zero-order chi connectivity index (χ0) is 22.7. The smallest absolute Gasteiger partial charge is 0.314 e. The van der Waals surface area contributed by atoms with E-state index in [0.717, 1.165) is 11.1 Å². The summed E-state index contributed by atoms with van der Waals surface area (Å²) in [7, 11) is 0. The molecule has 0 atom stereocenters. The van der Waals surface area contributed by atoms with E-state index < -0.39 is 11.8 Å². The first-order valence-electron chi connectivity index (χ1n) is 9.89. The minimum absolute atomic E-state index is 0.146. The molecule has 2 aromatic heterocycles. The highest BCUT2D eigenvalue weighted by atomic mass is 19.1. The highest BCUT2D eigenvalue weighted by Crippen LogP contribution is 2.24. The van der Waals surface area contributed by atoms with Crippen molar-refractivity contribution in [1.29, 1.82) is 0 Å². The fourth-order valence-corrected chi connectivity index (χ4v) is 3.41. The molecular weight excluding hydrogens is 411 g/mol. The van der Waals surface area contributed by atoms with Gasteiger partial charge in [0, 0.05) is 13.1 Å². The average Bonchev–Trinajstić information content (AvgIpc) is 3.28. The Bertz CT molecular complexity index is 1290. The number of benzene rings is 2. The van der Waals surface area contributed by atoms with E-state index in [4.69, 9.17) is 5.73 Å². The Morgan fingerprint density at radius 3 is 2.66 bits per heavy atom. The number of pyridine rings is 1. The summed E-state index contributed by atoms with van der Waals surface area (Å²) in [5, 5.41) is 9.80. The molecule has 32 heavy (non-hydrogen) atoms. The summed E-state index contributed by atoms with van der Waals surface area (Å²) >= 11 is 0. The number of carbonyl (C=O) groups is 2. The number of amides is 2.